The van der Waals surface area contributed by atoms with Gasteiger partial charge < -0.3 is 10.6 Å². The summed E-state index contributed by atoms with van der Waals surface area (Å²) in [4.78, 5) is 17.4. The molecule has 1 aliphatic rings. The second kappa shape index (κ2) is 5.35. The van der Waals surface area contributed by atoms with Crippen LogP contribution in [0.2, 0.25) is 0 Å². The first kappa shape index (κ1) is 12.8. The van der Waals surface area contributed by atoms with Crippen molar-refractivity contribution in [3.63, 3.8) is 0 Å². The smallest absolute Gasteiger partial charge is 0.220 e. The summed E-state index contributed by atoms with van der Waals surface area (Å²) in [5.41, 5.74) is 6.43. The number of carbonyl (C=O) groups excluding carboxylic acids is 1. The van der Waals surface area contributed by atoms with Crippen molar-refractivity contribution in [3.05, 3.63) is 21.3 Å². The van der Waals surface area contributed by atoms with Crippen LogP contribution in [-0.4, -0.2) is 24.0 Å². The molecule has 17 heavy (non-hydrogen) atoms. The molecule has 1 saturated heterocycles. The van der Waals surface area contributed by atoms with Crippen LogP contribution in [0.5, 0.6) is 0 Å². The third kappa shape index (κ3) is 2.80. The van der Waals surface area contributed by atoms with E-state index >= 15 is 0 Å². The monoisotopic (exact) mass is 361 g/mol. The first-order valence-corrected chi connectivity index (χ1v) is 7.01. The first-order chi connectivity index (χ1) is 8.09. The minimum atomic E-state index is -0.183. The zero-order chi connectivity index (χ0) is 12.4. The molecule has 0 unspecified atom stereocenters. The van der Waals surface area contributed by atoms with E-state index < -0.39 is 0 Å². The van der Waals surface area contributed by atoms with E-state index in [1.165, 1.54) is 0 Å². The maximum absolute atomic E-state index is 11.1. The van der Waals surface area contributed by atoms with Crippen molar-refractivity contribution in [3.8, 4) is 0 Å². The highest BCUT2D eigenvalue weighted by molar-refractivity contribution is 9.11. The number of pyridine rings is 1. The molecule has 0 aromatic carbocycles. The summed E-state index contributed by atoms with van der Waals surface area (Å²) in [7, 11) is 0. The third-order valence-electron chi connectivity index (χ3n) is 3.04. The number of halogens is 2. The fourth-order valence-corrected chi connectivity index (χ4v) is 3.53. The fourth-order valence-electron chi connectivity index (χ4n) is 2.09. The van der Waals surface area contributed by atoms with Crippen LogP contribution in [0.25, 0.3) is 0 Å². The predicted octanol–water partition coefficient (Wildman–Crippen LogP) is 2.31. The van der Waals surface area contributed by atoms with Gasteiger partial charge in [0.05, 0.1) is 14.6 Å². The summed E-state index contributed by atoms with van der Waals surface area (Å²) in [6.07, 6.45) is 5.19. The van der Waals surface area contributed by atoms with Gasteiger partial charge in [0, 0.05) is 31.4 Å². The normalized spacial score (nSPS) is 17.2. The Labute approximate surface area is 117 Å². The lowest BCUT2D eigenvalue weighted by Crippen LogP contribution is -2.38. The topological polar surface area (TPSA) is 59.2 Å². The molecule has 0 radical (unpaired) electrons. The number of primary amides is 1. The van der Waals surface area contributed by atoms with Crippen molar-refractivity contribution in [2.45, 2.75) is 12.8 Å². The molecule has 0 bridgehead atoms. The number of amides is 1. The number of nitrogens with two attached hydrogens (primary N) is 1. The van der Waals surface area contributed by atoms with Crippen molar-refractivity contribution in [1.82, 2.24) is 4.98 Å². The molecule has 0 aliphatic carbocycles. The Morgan fingerprint density at radius 2 is 1.82 bits per heavy atom. The predicted molar refractivity (Wildman–Crippen MR) is 73.8 cm³/mol. The van der Waals surface area contributed by atoms with E-state index in [1.54, 1.807) is 12.4 Å². The molecule has 1 fully saturated rings. The maximum atomic E-state index is 11.1. The number of carbonyl (C=O) groups is 1. The first-order valence-electron chi connectivity index (χ1n) is 5.43. The SMILES string of the molecule is NC(=O)C1CCN(c2c(Br)cncc2Br)CC1. The minimum Gasteiger partial charge on any atom is -0.370 e. The average Bonchev–Trinajstić information content (AvgIpc) is 2.29. The van der Waals surface area contributed by atoms with Crippen molar-refractivity contribution in [2.75, 3.05) is 18.0 Å². The molecule has 2 rings (SSSR count). The largest absolute Gasteiger partial charge is 0.370 e. The lowest BCUT2D eigenvalue weighted by Gasteiger charge is -2.33. The van der Waals surface area contributed by atoms with Crippen LogP contribution < -0.4 is 10.6 Å². The molecule has 2 heterocycles. The Morgan fingerprint density at radius 3 is 2.29 bits per heavy atom. The third-order valence-corrected chi connectivity index (χ3v) is 4.20. The molecule has 1 aromatic heterocycles. The minimum absolute atomic E-state index is 0.0191. The lowest BCUT2D eigenvalue weighted by atomic mass is 9.96. The van der Waals surface area contributed by atoms with Crippen LogP contribution in [0.15, 0.2) is 21.3 Å². The quantitative estimate of drug-likeness (QED) is 0.878. The Hall–Kier alpha value is -0.620. The molecule has 0 atom stereocenters. The van der Waals surface area contributed by atoms with E-state index in [9.17, 15) is 4.79 Å². The number of hydrogen-bond donors (Lipinski definition) is 1. The van der Waals surface area contributed by atoms with Gasteiger partial charge in [-0.1, -0.05) is 0 Å². The lowest BCUT2D eigenvalue weighted by molar-refractivity contribution is -0.122. The van der Waals surface area contributed by atoms with Crippen LogP contribution in [0, 0.1) is 5.92 Å². The molecule has 0 spiro atoms. The van der Waals surface area contributed by atoms with Crippen LogP contribution in [0.4, 0.5) is 5.69 Å². The highest BCUT2D eigenvalue weighted by Gasteiger charge is 2.25. The molecule has 4 nitrogen and oxygen atoms in total. The van der Waals surface area contributed by atoms with E-state index in [-0.39, 0.29) is 11.8 Å². The van der Waals surface area contributed by atoms with Crippen molar-refractivity contribution < 1.29 is 4.79 Å². The highest BCUT2D eigenvalue weighted by atomic mass is 79.9. The van der Waals surface area contributed by atoms with Crippen LogP contribution in [0.3, 0.4) is 0 Å². The summed E-state index contributed by atoms with van der Waals surface area (Å²) in [5, 5.41) is 0. The number of hydrogen-bond acceptors (Lipinski definition) is 3. The zero-order valence-corrected chi connectivity index (χ0v) is 12.4. The molecule has 1 aromatic rings. The molecule has 1 aliphatic heterocycles. The number of nitrogens with zero attached hydrogens (tertiary/aromatic N) is 2. The van der Waals surface area contributed by atoms with Gasteiger partial charge >= 0.3 is 0 Å². The van der Waals surface area contributed by atoms with E-state index in [2.05, 4.69) is 41.7 Å². The fraction of sp³-hybridized carbons (Fsp3) is 0.455. The molecular formula is C11H13Br2N3O. The molecule has 92 valence electrons. The summed E-state index contributed by atoms with van der Waals surface area (Å²) in [6, 6.07) is 0. The number of aromatic nitrogens is 1. The Bertz CT molecular complexity index is 410. The summed E-state index contributed by atoms with van der Waals surface area (Å²) in [5.74, 6) is -0.164. The second-order valence-corrected chi connectivity index (χ2v) is 5.82. The van der Waals surface area contributed by atoms with Gasteiger partial charge in [-0.15, -0.1) is 0 Å². The van der Waals surface area contributed by atoms with Gasteiger partial charge in [0.1, 0.15) is 0 Å². The zero-order valence-electron chi connectivity index (χ0n) is 9.20. The van der Waals surface area contributed by atoms with Crippen molar-refractivity contribution >= 4 is 43.5 Å². The number of rotatable bonds is 2. The standard InChI is InChI=1S/C11H13Br2N3O/c12-8-5-15-6-9(13)10(8)16-3-1-7(2-4-16)11(14)17/h5-7H,1-4H2,(H2,14,17). The van der Waals surface area contributed by atoms with Gasteiger partial charge in [0.2, 0.25) is 5.91 Å². The highest BCUT2D eigenvalue weighted by Crippen LogP contribution is 2.35. The number of anilines is 1. The van der Waals surface area contributed by atoms with E-state index in [1.807, 2.05) is 0 Å². The van der Waals surface area contributed by atoms with Gasteiger partial charge in [-0.3, -0.25) is 9.78 Å². The number of piperidine rings is 1. The van der Waals surface area contributed by atoms with E-state index in [0.29, 0.717) is 0 Å². The maximum Gasteiger partial charge on any atom is 0.220 e. The summed E-state index contributed by atoms with van der Waals surface area (Å²) < 4.78 is 1.92. The van der Waals surface area contributed by atoms with Crippen molar-refractivity contribution in [1.29, 1.82) is 0 Å². The Kier molecular flexibility index (Phi) is 4.04. The summed E-state index contributed by atoms with van der Waals surface area (Å²) >= 11 is 7.00. The van der Waals surface area contributed by atoms with Crippen LogP contribution in [0.1, 0.15) is 12.8 Å². The van der Waals surface area contributed by atoms with Gasteiger partial charge in [0.15, 0.2) is 0 Å². The van der Waals surface area contributed by atoms with Gasteiger partial charge in [-0.25, -0.2) is 0 Å². The average molecular weight is 363 g/mol. The Balaban J connectivity index is 2.13. The van der Waals surface area contributed by atoms with Crippen molar-refractivity contribution in [2.24, 2.45) is 11.7 Å². The van der Waals surface area contributed by atoms with E-state index in [4.69, 9.17) is 5.73 Å². The molecule has 0 saturated carbocycles. The molecule has 1 amide bonds. The molecule has 2 N–H and O–H groups in total. The Morgan fingerprint density at radius 1 is 1.29 bits per heavy atom. The van der Waals surface area contributed by atoms with Crippen LogP contribution in [-0.2, 0) is 4.79 Å². The summed E-state index contributed by atoms with van der Waals surface area (Å²) in [6.45, 7) is 1.68. The van der Waals surface area contributed by atoms with Gasteiger partial charge in [-0.2, -0.15) is 0 Å². The van der Waals surface area contributed by atoms with Gasteiger partial charge in [0.25, 0.3) is 0 Å². The van der Waals surface area contributed by atoms with E-state index in [0.717, 1.165) is 40.6 Å². The van der Waals surface area contributed by atoms with Gasteiger partial charge in [-0.05, 0) is 44.7 Å². The second-order valence-electron chi connectivity index (χ2n) is 4.12. The molecule has 6 heteroatoms. The van der Waals surface area contributed by atoms with Crippen LogP contribution >= 0.6 is 31.9 Å². The molecular weight excluding hydrogens is 350 g/mol.